The first-order chi connectivity index (χ1) is 8.85. The van der Waals surface area contributed by atoms with E-state index in [1.54, 1.807) is 21.3 Å². The first-order valence-electron chi connectivity index (χ1n) is 6.96. The van der Waals surface area contributed by atoms with E-state index in [2.05, 4.69) is 32.9 Å². The van der Waals surface area contributed by atoms with Crippen LogP contribution in [0.3, 0.4) is 0 Å². The van der Waals surface area contributed by atoms with Crippen LogP contribution in [0.4, 0.5) is 0 Å². The summed E-state index contributed by atoms with van der Waals surface area (Å²) in [5, 5.41) is 0. The molecule has 0 N–H and O–H groups in total. The van der Waals surface area contributed by atoms with E-state index in [0.29, 0.717) is 4.87 Å². The third-order valence-electron chi connectivity index (χ3n) is 4.29. The van der Waals surface area contributed by atoms with Crippen molar-refractivity contribution >= 4 is 20.6 Å². The number of thioether (sulfide) groups is 1. The molecule has 0 amide bonds. The molecule has 1 unspecified atom stereocenters. The first-order valence-corrected chi connectivity index (χ1v) is 9.87. The smallest absolute Gasteiger partial charge is 0.377 e. The van der Waals surface area contributed by atoms with E-state index in [1.807, 2.05) is 0 Å². The Morgan fingerprint density at radius 2 is 1.68 bits per heavy atom. The highest BCUT2D eigenvalue weighted by Gasteiger charge is 2.47. The molecule has 0 saturated carbocycles. The molecule has 114 valence electrons. The van der Waals surface area contributed by atoms with Crippen LogP contribution in [0.5, 0.6) is 0 Å². The van der Waals surface area contributed by atoms with E-state index in [-0.39, 0.29) is 0 Å². The monoisotopic (exact) mass is 308 g/mol. The Morgan fingerprint density at radius 3 is 2.05 bits per heavy atom. The predicted octanol–water partition coefficient (Wildman–Crippen LogP) is 2.57. The second-order valence-corrected chi connectivity index (χ2v) is 10.6. The molecular formula is C13H30NO3SSi+. The van der Waals surface area contributed by atoms with Crippen molar-refractivity contribution in [2.45, 2.75) is 36.6 Å². The fourth-order valence-corrected chi connectivity index (χ4v) is 6.24. The number of nitrogens with zero attached hydrogens (tertiary/aromatic N) is 1. The molecule has 0 aromatic carbocycles. The summed E-state index contributed by atoms with van der Waals surface area (Å²) < 4.78 is 17.5. The largest absolute Gasteiger partial charge is 0.500 e. The zero-order valence-electron chi connectivity index (χ0n) is 13.3. The van der Waals surface area contributed by atoms with Gasteiger partial charge in [0.05, 0.1) is 21.1 Å². The minimum atomic E-state index is -2.40. The van der Waals surface area contributed by atoms with E-state index in [4.69, 9.17) is 13.3 Å². The minimum absolute atomic E-state index is 0.357. The van der Waals surface area contributed by atoms with Crippen molar-refractivity contribution in [1.82, 2.24) is 0 Å². The van der Waals surface area contributed by atoms with Gasteiger partial charge in [-0.15, -0.1) is 0 Å². The molecule has 1 atom stereocenters. The maximum Gasteiger partial charge on any atom is 0.500 e. The molecule has 1 rings (SSSR count). The fraction of sp³-hybridized carbons (Fsp3) is 1.00. The summed E-state index contributed by atoms with van der Waals surface area (Å²) >= 11 is 2.14. The molecule has 0 aromatic rings. The zero-order valence-corrected chi connectivity index (χ0v) is 15.1. The lowest BCUT2D eigenvalue weighted by Gasteiger charge is -2.43. The van der Waals surface area contributed by atoms with Crippen LogP contribution in [0.25, 0.3) is 0 Å². The summed E-state index contributed by atoms with van der Waals surface area (Å²) in [5.74, 6) is 1.29. The van der Waals surface area contributed by atoms with Gasteiger partial charge in [-0.25, -0.2) is 0 Å². The van der Waals surface area contributed by atoms with Crippen LogP contribution < -0.4 is 0 Å². The van der Waals surface area contributed by atoms with Crippen LogP contribution in [0, 0.1) is 0 Å². The lowest BCUT2D eigenvalue weighted by Crippen LogP contribution is -2.53. The molecule has 0 aromatic heterocycles. The highest BCUT2D eigenvalue weighted by molar-refractivity contribution is 8.00. The van der Waals surface area contributed by atoms with Crippen LogP contribution in [-0.2, 0) is 13.3 Å². The first kappa shape index (κ1) is 17.5. The van der Waals surface area contributed by atoms with Crippen molar-refractivity contribution < 1.29 is 17.8 Å². The van der Waals surface area contributed by atoms with Crippen molar-refractivity contribution in [2.24, 2.45) is 0 Å². The Kier molecular flexibility index (Phi) is 6.35. The molecule has 0 radical (unpaired) electrons. The number of rotatable bonds is 8. The molecule has 1 heterocycles. The summed E-state index contributed by atoms with van der Waals surface area (Å²) in [4.78, 5) is 0.357. The van der Waals surface area contributed by atoms with E-state index < -0.39 is 8.80 Å². The Bertz CT molecular complexity index is 265. The molecule has 1 saturated heterocycles. The zero-order chi connectivity index (χ0) is 14.6. The topological polar surface area (TPSA) is 27.7 Å². The van der Waals surface area contributed by atoms with Crippen molar-refractivity contribution in [3.8, 4) is 0 Å². The van der Waals surface area contributed by atoms with Crippen LogP contribution >= 0.6 is 11.8 Å². The van der Waals surface area contributed by atoms with Crippen LogP contribution in [-0.4, -0.2) is 66.4 Å². The van der Waals surface area contributed by atoms with E-state index in [9.17, 15) is 0 Å². The summed E-state index contributed by atoms with van der Waals surface area (Å²) in [6, 6.07) is 0.902. The van der Waals surface area contributed by atoms with Gasteiger partial charge in [-0.3, -0.25) is 0 Å². The molecule has 19 heavy (non-hydrogen) atoms. The third kappa shape index (κ3) is 3.95. The predicted molar refractivity (Wildman–Crippen MR) is 83.3 cm³/mol. The quantitative estimate of drug-likeness (QED) is 0.509. The van der Waals surface area contributed by atoms with Gasteiger partial charge in [0.25, 0.3) is 0 Å². The average molecular weight is 309 g/mol. The van der Waals surface area contributed by atoms with Gasteiger partial charge in [-0.1, -0.05) is 11.8 Å². The molecule has 1 fully saturated rings. The number of quaternary nitrogens is 1. The van der Waals surface area contributed by atoms with E-state index in [0.717, 1.165) is 16.9 Å². The summed E-state index contributed by atoms with van der Waals surface area (Å²) in [6.45, 7) is 0. The summed E-state index contributed by atoms with van der Waals surface area (Å²) in [5.41, 5.74) is 0. The molecule has 1 aliphatic heterocycles. The van der Waals surface area contributed by atoms with E-state index in [1.165, 1.54) is 25.0 Å². The number of hydrogen-bond acceptors (Lipinski definition) is 4. The minimum Gasteiger partial charge on any atom is -0.377 e. The Labute approximate surface area is 123 Å². The molecule has 0 aliphatic carbocycles. The molecule has 0 spiro atoms. The number of hydrogen-bond donors (Lipinski definition) is 0. The second kappa shape index (κ2) is 6.91. The van der Waals surface area contributed by atoms with Gasteiger partial charge in [-0.2, -0.15) is 0 Å². The van der Waals surface area contributed by atoms with Gasteiger partial charge in [0.1, 0.15) is 4.87 Å². The van der Waals surface area contributed by atoms with Crippen LogP contribution in [0.15, 0.2) is 0 Å². The maximum atomic E-state index is 5.50. The lowest BCUT2D eigenvalue weighted by atomic mass is 10.0. The Balaban J connectivity index is 2.59. The van der Waals surface area contributed by atoms with Crippen molar-refractivity contribution in [3.63, 3.8) is 0 Å². The van der Waals surface area contributed by atoms with Gasteiger partial charge in [-0.05, 0) is 18.6 Å². The van der Waals surface area contributed by atoms with E-state index >= 15 is 0 Å². The average Bonchev–Trinajstić information content (AvgIpc) is 2.85. The molecule has 4 nitrogen and oxygen atoms in total. The summed E-state index contributed by atoms with van der Waals surface area (Å²) in [7, 11) is 9.62. The Hall–Kier alpha value is 0.407. The molecular weight excluding hydrogens is 278 g/mol. The Morgan fingerprint density at radius 1 is 1.11 bits per heavy atom. The lowest BCUT2D eigenvalue weighted by molar-refractivity contribution is -0.906. The van der Waals surface area contributed by atoms with Gasteiger partial charge in [0.15, 0.2) is 0 Å². The van der Waals surface area contributed by atoms with Crippen molar-refractivity contribution in [3.05, 3.63) is 0 Å². The summed E-state index contributed by atoms with van der Waals surface area (Å²) in [6.07, 6.45) is 4.94. The maximum absolute atomic E-state index is 5.50. The second-order valence-electron chi connectivity index (χ2n) is 6.06. The van der Waals surface area contributed by atoms with Crippen LogP contribution in [0.1, 0.15) is 25.7 Å². The van der Waals surface area contributed by atoms with Gasteiger partial charge in [0, 0.05) is 40.2 Å². The van der Waals surface area contributed by atoms with Crippen LogP contribution in [0.2, 0.25) is 6.04 Å². The van der Waals surface area contributed by atoms with Gasteiger partial charge >= 0.3 is 8.80 Å². The molecule has 0 bridgehead atoms. The third-order valence-corrected chi connectivity index (χ3v) is 9.11. The normalized spacial score (nSPS) is 24.9. The molecule has 1 aliphatic rings. The van der Waals surface area contributed by atoms with Gasteiger partial charge in [0.2, 0.25) is 0 Å². The SMILES string of the molecule is CO[Si](CCCC1([N+](C)(C)C)CCCS1)(OC)OC. The fourth-order valence-electron chi connectivity index (χ4n) is 2.88. The van der Waals surface area contributed by atoms with Crippen molar-refractivity contribution in [1.29, 1.82) is 0 Å². The highest BCUT2D eigenvalue weighted by Crippen LogP contribution is 2.46. The standard InChI is InChI=1S/C13H30NO3SSi/c1-14(2,3)13(9-7-11-18-13)10-8-12-19(15-4,16-5)17-6/h7-12H2,1-6H3/q+1. The highest BCUT2D eigenvalue weighted by atomic mass is 32.2. The van der Waals surface area contributed by atoms with Gasteiger partial charge < -0.3 is 17.8 Å². The van der Waals surface area contributed by atoms with Crippen molar-refractivity contribution in [2.75, 3.05) is 48.2 Å². The molecule has 6 heteroatoms.